The Morgan fingerprint density at radius 3 is 1.60 bits per heavy atom. The maximum atomic E-state index is 4.01. The Balaban J connectivity index is 0.000000418. The summed E-state index contributed by atoms with van der Waals surface area (Å²) in [7, 11) is 0. The highest BCUT2D eigenvalue weighted by molar-refractivity contribution is 5.98. The Kier molecular flexibility index (Phi) is 12.4. The number of nitrogens with one attached hydrogen (secondary N) is 1. The van der Waals surface area contributed by atoms with Crippen molar-refractivity contribution >= 4 is 63.9 Å². The van der Waals surface area contributed by atoms with Crippen LogP contribution >= 0.6 is 0 Å². The van der Waals surface area contributed by atoms with Gasteiger partial charge in [-0.1, -0.05) is 166 Å². The second kappa shape index (κ2) is 17.7. The monoisotopic (exact) mass is 648 g/mol. The van der Waals surface area contributed by atoms with E-state index in [4.69, 9.17) is 0 Å². The number of fused-ring (bicyclic) bond motifs is 1. The molecule has 1 atom stereocenters. The van der Waals surface area contributed by atoms with Crippen LogP contribution in [0.5, 0.6) is 0 Å². The van der Waals surface area contributed by atoms with Crippen molar-refractivity contribution in [1.29, 1.82) is 0 Å². The third-order valence-corrected chi connectivity index (χ3v) is 8.46. The fraction of sp³-hybridized carbons (Fsp3) is 0.0417. The summed E-state index contributed by atoms with van der Waals surface area (Å²) in [6.07, 6.45) is 14.5. The minimum absolute atomic E-state index is 0.144. The van der Waals surface area contributed by atoms with Gasteiger partial charge in [0.1, 0.15) is 0 Å². The van der Waals surface area contributed by atoms with Crippen molar-refractivity contribution in [1.82, 2.24) is 0 Å². The van der Waals surface area contributed by atoms with Gasteiger partial charge >= 0.3 is 0 Å². The molecule has 0 aliphatic heterocycles. The predicted octanol–water partition coefficient (Wildman–Crippen LogP) is 13.6. The van der Waals surface area contributed by atoms with Gasteiger partial charge < -0.3 is 10.2 Å². The van der Waals surface area contributed by atoms with Crippen molar-refractivity contribution in [3.8, 4) is 0 Å². The Bertz CT molecular complexity index is 2050. The van der Waals surface area contributed by atoms with Crippen LogP contribution in [0.15, 0.2) is 185 Å². The molecule has 0 heterocycles. The summed E-state index contributed by atoms with van der Waals surface area (Å²) in [5, 5.41) is 5.96. The number of nitrogens with zero attached hydrogens (tertiary/aromatic N) is 1. The van der Waals surface area contributed by atoms with E-state index in [-0.39, 0.29) is 6.04 Å². The van der Waals surface area contributed by atoms with Crippen molar-refractivity contribution in [3.63, 3.8) is 0 Å². The zero-order chi connectivity index (χ0) is 35.1. The number of hydrogen-bond donors (Lipinski definition) is 1. The molecule has 0 radical (unpaired) electrons. The Hall–Kier alpha value is -6.38. The summed E-state index contributed by atoms with van der Waals surface area (Å²) in [4.78, 5) is 2.32. The second-order valence-corrected chi connectivity index (χ2v) is 11.7. The second-order valence-electron chi connectivity index (χ2n) is 11.7. The lowest BCUT2D eigenvalue weighted by Crippen LogP contribution is -2.15. The zero-order valence-corrected chi connectivity index (χ0v) is 28.6. The van der Waals surface area contributed by atoms with Crippen molar-refractivity contribution < 1.29 is 0 Å². The van der Waals surface area contributed by atoms with Crippen LogP contribution in [0.1, 0.15) is 34.2 Å². The summed E-state index contributed by atoms with van der Waals surface area (Å²) in [6.45, 7) is 19.1. The van der Waals surface area contributed by atoms with E-state index in [2.05, 4.69) is 171 Å². The minimum atomic E-state index is 0.144. The van der Waals surface area contributed by atoms with Crippen LogP contribution in [0.2, 0.25) is 0 Å². The fourth-order valence-corrected chi connectivity index (χ4v) is 5.70. The topological polar surface area (TPSA) is 15.3 Å². The first-order valence-electron chi connectivity index (χ1n) is 16.8. The standard InChI is InChI=1S/C38H34N2.C10H10/c1-4-29-17-23-34(24-18-29)39-33(6-3)14-9-11-31-21-27-36(28-22-31)40(35-25-19-30(5-2)20-26-35)38-16-10-13-32-12-7-8-15-37(32)38;1-3-9-7-5-6-8-10(9)4-2/h4-13,15-28,33,39H,1-3,14H2;3-8H,1-2H2/b11-9+;. The normalized spacial score (nSPS) is 11.1. The van der Waals surface area contributed by atoms with Gasteiger partial charge in [-0.3, -0.25) is 0 Å². The van der Waals surface area contributed by atoms with Crippen molar-refractivity contribution in [2.24, 2.45) is 0 Å². The van der Waals surface area contributed by atoms with Gasteiger partial charge in [-0.25, -0.2) is 0 Å². The number of hydrogen-bond acceptors (Lipinski definition) is 2. The van der Waals surface area contributed by atoms with E-state index < -0.39 is 0 Å². The molecule has 246 valence electrons. The predicted molar refractivity (Wildman–Crippen MR) is 223 cm³/mol. The SMILES string of the molecule is C=Cc1ccc(NC(C=C)C/C=C/c2ccc(N(c3ccc(C=C)cc3)c3cccc4ccccc34)cc2)cc1.C=Cc1ccccc1C=C. The van der Waals surface area contributed by atoms with Gasteiger partial charge in [0.2, 0.25) is 0 Å². The molecule has 0 saturated heterocycles. The maximum absolute atomic E-state index is 4.01. The smallest absolute Gasteiger partial charge is 0.0540 e. The van der Waals surface area contributed by atoms with E-state index in [1.165, 1.54) is 10.8 Å². The molecule has 0 amide bonds. The summed E-state index contributed by atoms with van der Waals surface area (Å²) >= 11 is 0. The minimum Gasteiger partial charge on any atom is -0.379 e. The average molecular weight is 649 g/mol. The Morgan fingerprint density at radius 1 is 0.520 bits per heavy atom. The molecule has 0 fully saturated rings. The molecule has 6 aromatic rings. The van der Waals surface area contributed by atoms with E-state index in [0.717, 1.165) is 57.0 Å². The molecule has 1 N–H and O–H groups in total. The lowest BCUT2D eigenvalue weighted by Gasteiger charge is -2.27. The first-order chi connectivity index (χ1) is 24.6. The molecule has 6 aromatic carbocycles. The van der Waals surface area contributed by atoms with Crippen LogP contribution in [-0.2, 0) is 0 Å². The Labute approximate surface area is 298 Å². The molecular weight excluding hydrogens is 605 g/mol. The molecule has 1 unspecified atom stereocenters. The van der Waals surface area contributed by atoms with Gasteiger partial charge in [-0.05, 0) is 82.1 Å². The van der Waals surface area contributed by atoms with Crippen LogP contribution in [0.3, 0.4) is 0 Å². The van der Waals surface area contributed by atoms with E-state index in [1.807, 2.05) is 54.6 Å². The molecule has 0 aromatic heterocycles. The summed E-state index contributed by atoms with van der Waals surface area (Å²) in [6, 6.07) is 48.7. The third-order valence-electron chi connectivity index (χ3n) is 8.46. The highest BCUT2D eigenvalue weighted by Crippen LogP contribution is 2.39. The highest BCUT2D eigenvalue weighted by Gasteiger charge is 2.15. The molecule has 0 aliphatic carbocycles. The molecule has 2 heteroatoms. The average Bonchev–Trinajstić information content (AvgIpc) is 3.19. The molecule has 0 saturated carbocycles. The number of anilines is 4. The maximum Gasteiger partial charge on any atom is 0.0540 e. The van der Waals surface area contributed by atoms with Gasteiger partial charge in [0.15, 0.2) is 0 Å². The summed E-state index contributed by atoms with van der Waals surface area (Å²) in [5.41, 5.74) is 10.1. The lowest BCUT2D eigenvalue weighted by atomic mass is 10.1. The van der Waals surface area contributed by atoms with Crippen molar-refractivity contribution in [2.75, 3.05) is 10.2 Å². The largest absolute Gasteiger partial charge is 0.379 e. The first kappa shape index (κ1) is 34.9. The lowest BCUT2D eigenvalue weighted by molar-refractivity contribution is 0.898. The third kappa shape index (κ3) is 8.94. The van der Waals surface area contributed by atoms with Gasteiger partial charge in [0.05, 0.1) is 5.69 Å². The van der Waals surface area contributed by atoms with E-state index >= 15 is 0 Å². The molecule has 0 bridgehead atoms. The number of benzene rings is 6. The summed E-state index contributed by atoms with van der Waals surface area (Å²) < 4.78 is 0. The van der Waals surface area contributed by atoms with Gasteiger partial charge in [-0.15, -0.1) is 6.58 Å². The van der Waals surface area contributed by atoms with Crippen LogP contribution in [0.4, 0.5) is 22.7 Å². The van der Waals surface area contributed by atoms with Gasteiger partial charge in [-0.2, -0.15) is 0 Å². The zero-order valence-electron chi connectivity index (χ0n) is 28.6. The van der Waals surface area contributed by atoms with E-state index in [0.29, 0.717) is 0 Å². The molecule has 6 rings (SSSR count). The molecule has 50 heavy (non-hydrogen) atoms. The van der Waals surface area contributed by atoms with Gasteiger partial charge in [0.25, 0.3) is 0 Å². The van der Waals surface area contributed by atoms with Crippen LogP contribution in [0, 0.1) is 0 Å². The molecule has 0 aliphatic rings. The van der Waals surface area contributed by atoms with Gasteiger partial charge in [0, 0.05) is 28.5 Å². The number of rotatable bonds is 13. The quantitative estimate of drug-likeness (QED) is 0.125. The molecule has 0 spiro atoms. The first-order valence-corrected chi connectivity index (χ1v) is 16.8. The summed E-state index contributed by atoms with van der Waals surface area (Å²) in [5.74, 6) is 0. The Morgan fingerprint density at radius 2 is 1.04 bits per heavy atom. The van der Waals surface area contributed by atoms with E-state index in [9.17, 15) is 0 Å². The fourth-order valence-electron chi connectivity index (χ4n) is 5.70. The van der Waals surface area contributed by atoms with Crippen LogP contribution < -0.4 is 10.2 Å². The van der Waals surface area contributed by atoms with Crippen molar-refractivity contribution in [3.05, 3.63) is 212 Å². The van der Waals surface area contributed by atoms with Crippen LogP contribution in [-0.4, -0.2) is 6.04 Å². The van der Waals surface area contributed by atoms with E-state index in [1.54, 1.807) is 0 Å². The van der Waals surface area contributed by atoms with Crippen LogP contribution in [0.25, 0.3) is 41.2 Å². The highest BCUT2D eigenvalue weighted by atomic mass is 15.1. The molecular formula is C48H44N2. The van der Waals surface area contributed by atoms with Crippen molar-refractivity contribution in [2.45, 2.75) is 12.5 Å². The molecule has 2 nitrogen and oxygen atoms in total.